The highest BCUT2D eigenvalue weighted by molar-refractivity contribution is 6.31. The Hall–Kier alpha value is -4.38. The van der Waals surface area contributed by atoms with Gasteiger partial charge in [0, 0.05) is 60.8 Å². The fraction of sp³-hybridized carbons (Fsp3) is 0.385. The molecule has 1 aliphatic heterocycles. The zero-order valence-electron chi connectivity index (χ0n) is 28.8. The number of fused-ring (bicyclic) bond motifs is 1. The zero-order valence-corrected chi connectivity index (χ0v) is 29.5. The maximum atomic E-state index is 15.3. The molecular formula is C39H46ClFN8O. The number of piperidine rings is 1. The highest BCUT2D eigenvalue weighted by Crippen LogP contribution is 2.36. The van der Waals surface area contributed by atoms with E-state index in [0.29, 0.717) is 39.9 Å². The normalized spacial score (nSPS) is 17.2. The number of nitrogens with one attached hydrogen (secondary N) is 3. The van der Waals surface area contributed by atoms with Crippen LogP contribution in [0.1, 0.15) is 75.1 Å². The van der Waals surface area contributed by atoms with Crippen LogP contribution < -0.4 is 16.7 Å². The van der Waals surface area contributed by atoms with E-state index in [1.54, 1.807) is 31.5 Å². The molecule has 1 saturated heterocycles. The van der Waals surface area contributed by atoms with Crippen LogP contribution in [0.2, 0.25) is 5.02 Å². The molecule has 0 radical (unpaired) electrons. The van der Waals surface area contributed by atoms with Crippen molar-refractivity contribution in [1.29, 1.82) is 5.41 Å². The summed E-state index contributed by atoms with van der Waals surface area (Å²) in [5.74, 6) is -0.0244. The Kier molecular flexibility index (Phi) is 11.4. The van der Waals surface area contributed by atoms with Crippen LogP contribution in [0.5, 0.6) is 0 Å². The predicted octanol–water partition coefficient (Wildman–Crippen LogP) is 7.35. The molecule has 9 nitrogen and oxygen atoms in total. The van der Waals surface area contributed by atoms with Crippen molar-refractivity contribution >= 4 is 28.5 Å². The second-order valence-electron chi connectivity index (χ2n) is 13.6. The van der Waals surface area contributed by atoms with Crippen LogP contribution in [0.3, 0.4) is 0 Å². The molecule has 1 aliphatic rings. The number of rotatable bonds is 13. The first-order valence-electron chi connectivity index (χ1n) is 17.6. The molecule has 3 atom stereocenters. The van der Waals surface area contributed by atoms with Crippen molar-refractivity contribution in [2.24, 2.45) is 5.73 Å². The molecule has 6 rings (SSSR count). The van der Waals surface area contributed by atoms with Gasteiger partial charge in [0.2, 0.25) is 0 Å². The van der Waals surface area contributed by atoms with E-state index >= 15 is 4.39 Å². The van der Waals surface area contributed by atoms with E-state index < -0.39 is 11.5 Å². The number of aromatic nitrogens is 4. The summed E-state index contributed by atoms with van der Waals surface area (Å²) in [5, 5.41) is 11.7. The molecule has 5 aromatic rings. The third kappa shape index (κ3) is 8.49. The van der Waals surface area contributed by atoms with Gasteiger partial charge in [0.05, 0.1) is 22.2 Å². The maximum Gasteiger partial charge on any atom is 0.354 e. The van der Waals surface area contributed by atoms with Gasteiger partial charge in [0.25, 0.3) is 0 Å². The fourth-order valence-corrected chi connectivity index (χ4v) is 7.41. The third-order valence-electron chi connectivity index (χ3n) is 9.70. The van der Waals surface area contributed by atoms with Crippen molar-refractivity contribution in [1.82, 2.24) is 29.7 Å². The number of benzene rings is 2. The Labute approximate surface area is 297 Å². The van der Waals surface area contributed by atoms with Gasteiger partial charge in [-0.3, -0.25) is 19.9 Å². The van der Waals surface area contributed by atoms with Crippen LogP contribution >= 0.6 is 11.6 Å². The summed E-state index contributed by atoms with van der Waals surface area (Å²) in [7, 11) is 0. The van der Waals surface area contributed by atoms with Crippen LogP contribution in [-0.2, 0) is 12.8 Å². The first kappa shape index (κ1) is 35.4. The molecule has 0 aliphatic carbocycles. The van der Waals surface area contributed by atoms with Crippen molar-refractivity contribution in [2.45, 2.75) is 83.3 Å². The Morgan fingerprint density at radius 2 is 1.98 bits per heavy atom. The molecule has 3 aromatic heterocycles. The number of nitrogens with zero attached hydrogens (tertiary/aromatic N) is 4. The van der Waals surface area contributed by atoms with Crippen molar-refractivity contribution in [2.75, 3.05) is 13.1 Å². The molecule has 262 valence electrons. The largest absolute Gasteiger partial charge is 0.374 e. The van der Waals surface area contributed by atoms with Gasteiger partial charge >= 0.3 is 5.69 Å². The molecule has 0 saturated carbocycles. The van der Waals surface area contributed by atoms with Crippen molar-refractivity contribution in [3.05, 3.63) is 111 Å². The molecule has 1 fully saturated rings. The van der Waals surface area contributed by atoms with Gasteiger partial charge in [-0.05, 0) is 118 Å². The van der Waals surface area contributed by atoms with Crippen LogP contribution in [0, 0.1) is 11.2 Å². The lowest BCUT2D eigenvalue weighted by Gasteiger charge is -2.43. The molecule has 0 bridgehead atoms. The number of halogens is 2. The van der Waals surface area contributed by atoms with E-state index in [-0.39, 0.29) is 17.1 Å². The van der Waals surface area contributed by atoms with Gasteiger partial charge in [-0.15, -0.1) is 0 Å². The molecule has 50 heavy (non-hydrogen) atoms. The van der Waals surface area contributed by atoms with Gasteiger partial charge in [0.1, 0.15) is 5.65 Å². The summed E-state index contributed by atoms with van der Waals surface area (Å²) in [6.45, 7) is 5.43. The second-order valence-corrected chi connectivity index (χ2v) is 14.0. The number of hydrogen-bond donors (Lipinski definition) is 4. The molecular weight excluding hydrogens is 651 g/mol. The number of aryl methyl sites for hydroxylation is 1. The van der Waals surface area contributed by atoms with Gasteiger partial charge in [0.15, 0.2) is 5.82 Å². The minimum atomic E-state index is -0.513. The first-order chi connectivity index (χ1) is 24.2. The van der Waals surface area contributed by atoms with Gasteiger partial charge < -0.3 is 16.0 Å². The summed E-state index contributed by atoms with van der Waals surface area (Å²) in [4.78, 5) is 27.7. The number of hydrogen-bond acceptors (Lipinski definition) is 6. The lowest BCUT2D eigenvalue weighted by molar-refractivity contribution is 0.0788. The van der Waals surface area contributed by atoms with Crippen molar-refractivity contribution < 1.29 is 4.39 Å². The van der Waals surface area contributed by atoms with Gasteiger partial charge in [-0.2, -0.15) is 4.98 Å². The van der Waals surface area contributed by atoms with Gasteiger partial charge in [-0.1, -0.05) is 29.8 Å². The van der Waals surface area contributed by atoms with Crippen LogP contribution in [0.25, 0.3) is 28.0 Å². The van der Waals surface area contributed by atoms with E-state index in [9.17, 15) is 4.79 Å². The van der Waals surface area contributed by atoms with E-state index in [1.165, 1.54) is 15.7 Å². The zero-order chi connectivity index (χ0) is 35.2. The minimum absolute atomic E-state index is 0.0580. The maximum absolute atomic E-state index is 15.3. The summed E-state index contributed by atoms with van der Waals surface area (Å²) in [6, 6.07) is 18.3. The lowest BCUT2D eigenvalue weighted by Crippen LogP contribution is -2.44. The van der Waals surface area contributed by atoms with E-state index in [0.717, 1.165) is 70.0 Å². The van der Waals surface area contributed by atoms with Crippen LogP contribution in [0.4, 0.5) is 4.39 Å². The minimum Gasteiger partial charge on any atom is -0.374 e. The number of nitrogens with two attached hydrogens (primary N) is 1. The van der Waals surface area contributed by atoms with E-state index in [2.05, 4.69) is 43.4 Å². The number of likely N-dealkylation sites (tertiary alicyclic amines) is 1. The Morgan fingerprint density at radius 3 is 2.72 bits per heavy atom. The summed E-state index contributed by atoms with van der Waals surface area (Å²) < 4.78 is 16.8. The fourth-order valence-electron chi connectivity index (χ4n) is 7.17. The summed E-state index contributed by atoms with van der Waals surface area (Å²) in [6.07, 6.45) is 13.1. The smallest absolute Gasteiger partial charge is 0.354 e. The van der Waals surface area contributed by atoms with Crippen molar-refractivity contribution in [3.8, 4) is 16.9 Å². The molecule has 2 aromatic carbocycles. The number of amidine groups is 1. The lowest BCUT2D eigenvalue weighted by atomic mass is 9.89. The Bertz CT molecular complexity index is 1970. The molecule has 0 amide bonds. The molecule has 0 spiro atoms. The van der Waals surface area contributed by atoms with Crippen molar-refractivity contribution in [3.63, 3.8) is 0 Å². The standard InChI is InChI=1S/C39H46ClFN8O/c1-25(42)6-3-7-28-20-33(37(41)34(40)21-28)35-22-30-24-49(39(50)47-38(30)46-35)32-13-11-29(12-14-32)36-10-4-9-31(15-18-45-26(2)43)48(36)19-16-27-8-5-17-44-23-27/h5,8,11-14,17,20-25,31,36H,3-4,6-7,9-10,15-16,18-19,42H2,1-2H3,(H2,43,45)(H,46,47,50)/t25-,31-,36-/m0/s1. The Balaban J connectivity index is 1.24. The summed E-state index contributed by atoms with van der Waals surface area (Å²) >= 11 is 6.31. The quantitative estimate of drug-likeness (QED) is 0.0753. The second kappa shape index (κ2) is 16.1. The molecule has 5 N–H and O–H groups in total. The van der Waals surface area contributed by atoms with Crippen LogP contribution in [-0.4, -0.2) is 55.4 Å². The average Bonchev–Trinajstić information content (AvgIpc) is 3.51. The predicted molar refractivity (Wildman–Crippen MR) is 200 cm³/mol. The number of aromatic amines is 1. The number of pyridine rings is 1. The molecule has 0 unspecified atom stereocenters. The Morgan fingerprint density at radius 1 is 1.16 bits per heavy atom. The highest BCUT2D eigenvalue weighted by atomic mass is 35.5. The number of H-pyrrole nitrogens is 1. The highest BCUT2D eigenvalue weighted by Gasteiger charge is 2.31. The average molecular weight is 697 g/mol. The third-order valence-corrected chi connectivity index (χ3v) is 9.98. The SMILES string of the molecule is CC(=N)NCC[C@@H]1CCC[C@@H](c2ccc(-n3cc4cc(-c5cc(CCC[C@H](C)N)cc(Cl)c5F)[nH]c4nc3=O)cc2)N1CCc1cccnc1. The van der Waals surface area contributed by atoms with Crippen LogP contribution in [0.15, 0.2) is 78.0 Å². The topological polar surface area (TPSA) is 129 Å². The first-order valence-corrected chi connectivity index (χ1v) is 17.9. The summed E-state index contributed by atoms with van der Waals surface area (Å²) in [5.41, 5.74) is 10.8. The molecule has 4 heterocycles. The van der Waals surface area contributed by atoms with E-state index in [4.69, 9.17) is 22.7 Å². The van der Waals surface area contributed by atoms with Gasteiger partial charge in [-0.25, -0.2) is 9.18 Å². The monoisotopic (exact) mass is 696 g/mol. The molecule has 11 heteroatoms. The van der Waals surface area contributed by atoms with E-state index in [1.807, 2.05) is 37.4 Å².